The maximum atomic E-state index is 12.1. The van der Waals surface area contributed by atoms with Crippen LogP contribution in [0.4, 0.5) is 11.4 Å². The molecule has 18 heavy (non-hydrogen) atoms. The summed E-state index contributed by atoms with van der Waals surface area (Å²) in [6.07, 6.45) is 2.90. The molecule has 1 aromatic carbocycles. The minimum atomic E-state index is -0.196. The van der Waals surface area contributed by atoms with Crippen molar-refractivity contribution >= 4 is 17.3 Å². The number of aliphatic hydroxyl groups excluding tert-OH is 1. The average Bonchev–Trinajstić information content (AvgIpc) is 2.76. The Morgan fingerprint density at radius 3 is 2.83 bits per heavy atom. The first-order valence-electron chi connectivity index (χ1n) is 6.18. The van der Waals surface area contributed by atoms with Crippen molar-refractivity contribution < 1.29 is 9.90 Å². The predicted molar refractivity (Wildman–Crippen MR) is 70.9 cm³/mol. The molecule has 0 saturated heterocycles. The Balaban J connectivity index is 2.07. The number of benzene rings is 1. The van der Waals surface area contributed by atoms with Gasteiger partial charge >= 0.3 is 0 Å². The standard InChI is InChI=1S/C13H19N3O2/c14-9-4-5-10(11(15)6-9)13(18)16-12-3-1-2-8(12)7-17/h4-6,8,12,17H,1-3,7,14-15H2,(H,16,18). The van der Waals surface area contributed by atoms with Crippen molar-refractivity contribution in [2.45, 2.75) is 25.3 Å². The molecule has 0 radical (unpaired) electrons. The zero-order valence-electron chi connectivity index (χ0n) is 10.2. The summed E-state index contributed by atoms with van der Waals surface area (Å²) in [6, 6.07) is 4.90. The van der Waals surface area contributed by atoms with Crippen LogP contribution >= 0.6 is 0 Å². The van der Waals surface area contributed by atoms with Gasteiger partial charge in [-0.1, -0.05) is 6.42 Å². The van der Waals surface area contributed by atoms with Crippen molar-refractivity contribution in [1.29, 1.82) is 0 Å². The van der Waals surface area contributed by atoms with Crippen molar-refractivity contribution in [3.05, 3.63) is 23.8 Å². The molecule has 1 aliphatic rings. The van der Waals surface area contributed by atoms with Crippen molar-refractivity contribution in [2.75, 3.05) is 18.1 Å². The highest BCUT2D eigenvalue weighted by atomic mass is 16.3. The number of anilines is 2. The third-order valence-electron chi connectivity index (χ3n) is 3.53. The van der Waals surface area contributed by atoms with E-state index in [1.807, 2.05) is 0 Å². The monoisotopic (exact) mass is 249 g/mol. The van der Waals surface area contributed by atoms with E-state index in [9.17, 15) is 9.90 Å². The molecule has 0 aliphatic heterocycles. The fourth-order valence-corrected chi connectivity index (χ4v) is 2.48. The van der Waals surface area contributed by atoms with Crippen LogP contribution in [-0.4, -0.2) is 23.7 Å². The lowest BCUT2D eigenvalue weighted by atomic mass is 10.0. The van der Waals surface area contributed by atoms with Crippen LogP contribution in [0.1, 0.15) is 29.6 Å². The van der Waals surface area contributed by atoms with Gasteiger partial charge in [-0.15, -0.1) is 0 Å². The molecule has 2 atom stereocenters. The van der Waals surface area contributed by atoms with Crippen LogP contribution < -0.4 is 16.8 Å². The van der Waals surface area contributed by atoms with Gasteiger partial charge in [-0.05, 0) is 31.0 Å². The summed E-state index contributed by atoms with van der Waals surface area (Å²) in [7, 11) is 0. The Morgan fingerprint density at radius 2 is 2.17 bits per heavy atom. The summed E-state index contributed by atoms with van der Waals surface area (Å²) in [6.45, 7) is 0.113. The summed E-state index contributed by atoms with van der Waals surface area (Å²) in [5.41, 5.74) is 12.7. The van der Waals surface area contributed by atoms with Crippen molar-refractivity contribution in [3.63, 3.8) is 0 Å². The Labute approximate surface area is 106 Å². The molecule has 6 N–H and O–H groups in total. The third-order valence-corrected chi connectivity index (χ3v) is 3.53. The maximum absolute atomic E-state index is 12.1. The van der Waals surface area contributed by atoms with Gasteiger partial charge in [0.15, 0.2) is 0 Å². The Bertz CT molecular complexity index is 448. The Kier molecular flexibility index (Phi) is 3.72. The third kappa shape index (κ3) is 2.56. The quantitative estimate of drug-likeness (QED) is 0.593. The smallest absolute Gasteiger partial charge is 0.253 e. The number of amides is 1. The van der Waals surface area contributed by atoms with E-state index < -0.39 is 0 Å². The average molecular weight is 249 g/mol. The number of aliphatic hydroxyl groups is 1. The Morgan fingerprint density at radius 1 is 1.39 bits per heavy atom. The summed E-state index contributed by atoms with van der Waals surface area (Å²) in [4.78, 5) is 12.1. The van der Waals surface area contributed by atoms with Crippen LogP contribution in [0.15, 0.2) is 18.2 Å². The van der Waals surface area contributed by atoms with E-state index in [0.717, 1.165) is 19.3 Å². The highest BCUT2D eigenvalue weighted by molar-refractivity contribution is 5.99. The van der Waals surface area contributed by atoms with E-state index in [0.29, 0.717) is 16.9 Å². The lowest BCUT2D eigenvalue weighted by molar-refractivity contribution is 0.0917. The number of carbonyl (C=O) groups excluding carboxylic acids is 1. The molecule has 98 valence electrons. The van der Waals surface area contributed by atoms with Crippen molar-refractivity contribution in [1.82, 2.24) is 5.32 Å². The van der Waals surface area contributed by atoms with Crippen LogP contribution in [0.5, 0.6) is 0 Å². The lowest BCUT2D eigenvalue weighted by Crippen LogP contribution is -2.38. The van der Waals surface area contributed by atoms with Gasteiger partial charge in [0, 0.05) is 29.9 Å². The molecule has 5 heteroatoms. The zero-order chi connectivity index (χ0) is 13.1. The Hall–Kier alpha value is -1.75. The highest BCUT2D eigenvalue weighted by Gasteiger charge is 2.28. The maximum Gasteiger partial charge on any atom is 0.253 e. The second kappa shape index (κ2) is 5.27. The summed E-state index contributed by atoms with van der Waals surface area (Å²) in [5, 5.41) is 12.2. The molecule has 1 aromatic rings. The molecule has 0 spiro atoms. The fourth-order valence-electron chi connectivity index (χ4n) is 2.48. The zero-order valence-corrected chi connectivity index (χ0v) is 10.2. The van der Waals surface area contributed by atoms with Crippen LogP contribution in [-0.2, 0) is 0 Å². The SMILES string of the molecule is Nc1ccc(C(=O)NC2CCCC2CO)c(N)c1. The number of hydrogen-bond acceptors (Lipinski definition) is 4. The van der Waals surface area contributed by atoms with Gasteiger partial charge in [-0.2, -0.15) is 0 Å². The van der Waals surface area contributed by atoms with Crippen LogP contribution in [0, 0.1) is 5.92 Å². The number of carbonyl (C=O) groups is 1. The summed E-state index contributed by atoms with van der Waals surface area (Å²) in [5.74, 6) is -0.0400. The fraction of sp³-hybridized carbons (Fsp3) is 0.462. The number of rotatable bonds is 3. The molecule has 0 aromatic heterocycles. The van der Waals surface area contributed by atoms with E-state index in [-0.39, 0.29) is 24.5 Å². The first-order chi connectivity index (χ1) is 8.61. The van der Waals surface area contributed by atoms with Gasteiger partial charge in [0.1, 0.15) is 0 Å². The number of hydrogen-bond donors (Lipinski definition) is 4. The molecule has 5 nitrogen and oxygen atoms in total. The van der Waals surface area contributed by atoms with Gasteiger partial charge < -0.3 is 21.9 Å². The van der Waals surface area contributed by atoms with Crippen LogP contribution in [0.2, 0.25) is 0 Å². The second-order valence-electron chi connectivity index (χ2n) is 4.80. The van der Waals surface area contributed by atoms with E-state index in [1.54, 1.807) is 18.2 Å². The summed E-state index contributed by atoms with van der Waals surface area (Å²) >= 11 is 0. The highest BCUT2D eigenvalue weighted by Crippen LogP contribution is 2.26. The van der Waals surface area contributed by atoms with Crippen LogP contribution in [0.25, 0.3) is 0 Å². The molecule has 0 heterocycles. The van der Waals surface area contributed by atoms with Gasteiger partial charge in [0.05, 0.1) is 5.56 Å². The lowest BCUT2D eigenvalue weighted by Gasteiger charge is -2.19. The van der Waals surface area contributed by atoms with Crippen molar-refractivity contribution in [3.8, 4) is 0 Å². The second-order valence-corrected chi connectivity index (χ2v) is 4.80. The number of nitrogens with one attached hydrogen (secondary N) is 1. The van der Waals surface area contributed by atoms with Crippen LogP contribution in [0.3, 0.4) is 0 Å². The normalized spacial score (nSPS) is 22.9. The van der Waals surface area contributed by atoms with Crippen molar-refractivity contribution in [2.24, 2.45) is 5.92 Å². The minimum absolute atomic E-state index is 0.0412. The molecule has 1 amide bonds. The predicted octanol–water partition coefficient (Wildman–Crippen LogP) is 0.742. The molecule has 1 fully saturated rings. The van der Waals surface area contributed by atoms with Gasteiger partial charge in [-0.25, -0.2) is 0 Å². The topological polar surface area (TPSA) is 101 Å². The number of nitrogen functional groups attached to an aromatic ring is 2. The summed E-state index contributed by atoms with van der Waals surface area (Å²) < 4.78 is 0. The molecule has 1 saturated carbocycles. The largest absolute Gasteiger partial charge is 0.399 e. The molecule has 2 rings (SSSR count). The van der Waals surface area contributed by atoms with Gasteiger partial charge in [0.2, 0.25) is 0 Å². The van der Waals surface area contributed by atoms with E-state index in [1.165, 1.54) is 0 Å². The minimum Gasteiger partial charge on any atom is -0.399 e. The van der Waals surface area contributed by atoms with E-state index in [4.69, 9.17) is 11.5 Å². The first kappa shape index (κ1) is 12.7. The molecule has 2 unspecified atom stereocenters. The van der Waals surface area contributed by atoms with Gasteiger partial charge in [-0.3, -0.25) is 4.79 Å². The molecule has 1 aliphatic carbocycles. The van der Waals surface area contributed by atoms with E-state index in [2.05, 4.69) is 5.32 Å². The first-order valence-corrected chi connectivity index (χ1v) is 6.18. The molecule has 0 bridgehead atoms. The number of nitrogens with two attached hydrogens (primary N) is 2. The molecular formula is C13H19N3O2. The van der Waals surface area contributed by atoms with E-state index >= 15 is 0 Å². The van der Waals surface area contributed by atoms with Gasteiger partial charge in [0.25, 0.3) is 5.91 Å². The molecular weight excluding hydrogens is 230 g/mol.